The second-order valence-electron chi connectivity index (χ2n) is 6.25. The Morgan fingerprint density at radius 3 is 2.22 bits per heavy atom. The van der Waals surface area contributed by atoms with E-state index in [9.17, 15) is 13.2 Å². The van der Waals surface area contributed by atoms with E-state index in [1.54, 1.807) is 31.2 Å². The topological polar surface area (TPSA) is 95.7 Å². The molecule has 0 radical (unpaired) electrons. The molecule has 0 bridgehead atoms. The highest BCUT2D eigenvalue weighted by Crippen LogP contribution is 2.31. The van der Waals surface area contributed by atoms with Crippen LogP contribution in [-0.4, -0.2) is 33.8 Å². The largest absolute Gasteiger partial charge is 0.466 e. The maximum atomic E-state index is 12.4. The second-order valence-corrected chi connectivity index (χ2v) is 7.82. The fourth-order valence-corrected chi connectivity index (χ4v) is 3.44. The van der Waals surface area contributed by atoms with Crippen molar-refractivity contribution in [2.45, 2.75) is 19.3 Å². The molecule has 7 heteroatoms. The minimum absolute atomic E-state index is 0.151. The molecule has 2 aromatic carbocycles. The van der Waals surface area contributed by atoms with Crippen LogP contribution in [0.1, 0.15) is 24.0 Å². The fraction of sp³-hybridized carbons (Fsp3) is 0.350. The molecule has 0 spiro atoms. The van der Waals surface area contributed by atoms with Crippen molar-refractivity contribution in [1.82, 2.24) is 0 Å². The third-order valence-corrected chi connectivity index (χ3v) is 4.68. The first kappa shape index (κ1) is 20.9. The van der Waals surface area contributed by atoms with Gasteiger partial charge in [-0.25, -0.2) is 0 Å². The Labute approximate surface area is 160 Å². The number of rotatable bonds is 9. The molecule has 6 nitrogen and oxygen atoms in total. The van der Waals surface area contributed by atoms with E-state index in [-0.39, 0.29) is 30.8 Å². The predicted molar refractivity (Wildman–Crippen MR) is 104 cm³/mol. The van der Waals surface area contributed by atoms with Gasteiger partial charge in [0.25, 0.3) is 0 Å². The van der Waals surface area contributed by atoms with Crippen molar-refractivity contribution in [3.8, 4) is 5.75 Å². The highest BCUT2D eigenvalue weighted by Gasteiger charge is 2.30. The van der Waals surface area contributed by atoms with Crippen molar-refractivity contribution >= 4 is 16.1 Å². The Bertz CT molecular complexity index is 834. The Kier molecular flexibility index (Phi) is 7.38. The molecule has 2 atom stereocenters. The molecule has 2 rings (SSSR count). The molecule has 0 aliphatic heterocycles. The van der Waals surface area contributed by atoms with E-state index >= 15 is 0 Å². The van der Waals surface area contributed by atoms with Crippen LogP contribution >= 0.6 is 0 Å². The third-order valence-electron chi connectivity index (χ3n) is 4.18. The van der Waals surface area contributed by atoms with Gasteiger partial charge in [0.1, 0.15) is 5.75 Å². The lowest BCUT2D eigenvalue weighted by Crippen LogP contribution is -2.32. The number of esters is 1. The first-order chi connectivity index (χ1) is 12.8. The average molecular weight is 391 g/mol. The van der Waals surface area contributed by atoms with Gasteiger partial charge in [-0.3, -0.25) is 4.79 Å². The zero-order valence-electron chi connectivity index (χ0n) is 15.5. The summed E-state index contributed by atoms with van der Waals surface area (Å²) in [5.41, 5.74) is 7.84. The van der Waals surface area contributed by atoms with Crippen LogP contribution in [0.25, 0.3) is 0 Å². The highest BCUT2D eigenvalue weighted by atomic mass is 32.2. The highest BCUT2D eigenvalue weighted by molar-refractivity contribution is 7.86. The quantitative estimate of drug-likeness (QED) is 0.521. The second kappa shape index (κ2) is 9.53. The van der Waals surface area contributed by atoms with Gasteiger partial charge >= 0.3 is 16.1 Å². The van der Waals surface area contributed by atoms with E-state index in [1.165, 1.54) is 0 Å². The first-order valence-electron chi connectivity index (χ1n) is 8.74. The third kappa shape index (κ3) is 6.37. The Balaban J connectivity index is 2.34. The lowest BCUT2D eigenvalue weighted by molar-refractivity contribution is -0.148. The van der Waals surface area contributed by atoms with E-state index in [4.69, 9.17) is 14.7 Å². The van der Waals surface area contributed by atoms with Crippen LogP contribution in [0.4, 0.5) is 0 Å². The lowest BCUT2D eigenvalue weighted by Gasteiger charge is -2.25. The molecular formula is C20H25NO5S. The van der Waals surface area contributed by atoms with E-state index in [0.717, 1.165) is 17.4 Å². The Morgan fingerprint density at radius 1 is 1.07 bits per heavy atom. The summed E-state index contributed by atoms with van der Waals surface area (Å²) in [5.74, 6) is -0.826. The van der Waals surface area contributed by atoms with Crippen LogP contribution in [0, 0.1) is 5.92 Å². The zero-order valence-corrected chi connectivity index (χ0v) is 16.3. The summed E-state index contributed by atoms with van der Waals surface area (Å²) < 4.78 is 32.6. The first-order valence-corrected chi connectivity index (χ1v) is 10.6. The standard InChI is InChI=1S/C20H25NO5S/c1-3-25-20(22)19(14-21)18(13-15-7-5-4-6-8-15)16-9-11-17(12-10-16)26-27(2,23)24/h4-12,18-19H,3,13-14,21H2,1-2H3. The average Bonchev–Trinajstić information content (AvgIpc) is 2.62. The summed E-state index contributed by atoms with van der Waals surface area (Å²) in [7, 11) is -3.59. The van der Waals surface area contributed by atoms with Crippen LogP contribution in [0.2, 0.25) is 0 Å². The molecule has 27 heavy (non-hydrogen) atoms. The SMILES string of the molecule is CCOC(=O)C(CN)C(Cc1ccccc1)c1ccc(OS(C)(=O)=O)cc1. The van der Waals surface area contributed by atoms with Gasteiger partial charge in [0.2, 0.25) is 0 Å². The van der Waals surface area contributed by atoms with Gasteiger partial charge in [-0.2, -0.15) is 8.42 Å². The molecule has 0 amide bonds. The van der Waals surface area contributed by atoms with Crippen molar-refractivity contribution in [2.75, 3.05) is 19.4 Å². The number of ether oxygens (including phenoxy) is 1. The molecule has 146 valence electrons. The molecule has 2 aromatic rings. The molecule has 0 fully saturated rings. The number of hydrogen-bond acceptors (Lipinski definition) is 6. The van der Waals surface area contributed by atoms with Crippen molar-refractivity contribution in [2.24, 2.45) is 11.7 Å². The number of nitrogens with two attached hydrogens (primary N) is 1. The molecule has 0 heterocycles. The van der Waals surface area contributed by atoms with Crippen LogP contribution in [-0.2, 0) is 26.1 Å². The summed E-state index contributed by atoms with van der Waals surface area (Å²) in [6.45, 7) is 2.20. The van der Waals surface area contributed by atoms with Crippen LogP contribution in [0.5, 0.6) is 5.75 Å². The van der Waals surface area contributed by atoms with Crippen molar-refractivity contribution < 1.29 is 22.1 Å². The van der Waals surface area contributed by atoms with Gasteiger partial charge in [-0.1, -0.05) is 42.5 Å². The zero-order chi connectivity index (χ0) is 19.9. The summed E-state index contributed by atoms with van der Waals surface area (Å²) >= 11 is 0. The van der Waals surface area contributed by atoms with Crippen LogP contribution < -0.4 is 9.92 Å². The summed E-state index contributed by atoms with van der Waals surface area (Å²) in [6, 6.07) is 16.5. The molecule has 0 saturated carbocycles. The van der Waals surface area contributed by atoms with E-state index in [1.807, 2.05) is 30.3 Å². The molecular weight excluding hydrogens is 366 g/mol. The van der Waals surface area contributed by atoms with Gasteiger partial charge in [0, 0.05) is 12.5 Å². The van der Waals surface area contributed by atoms with E-state index < -0.39 is 16.0 Å². The van der Waals surface area contributed by atoms with E-state index in [2.05, 4.69) is 0 Å². The van der Waals surface area contributed by atoms with Gasteiger partial charge in [-0.15, -0.1) is 0 Å². The summed E-state index contributed by atoms with van der Waals surface area (Å²) in [6.07, 6.45) is 1.60. The van der Waals surface area contributed by atoms with Gasteiger partial charge in [0.05, 0.1) is 18.8 Å². The molecule has 0 saturated heterocycles. The van der Waals surface area contributed by atoms with Gasteiger partial charge in [0.15, 0.2) is 0 Å². The number of hydrogen-bond donors (Lipinski definition) is 1. The maximum Gasteiger partial charge on any atom is 0.310 e. The van der Waals surface area contributed by atoms with Gasteiger partial charge < -0.3 is 14.7 Å². The smallest absolute Gasteiger partial charge is 0.310 e. The van der Waals surface area contributed by atoms with Gasteiger partial charge in [-0.05, 0) is 36.6 Å². The minimum atomic E-state index is -3.59. The Morgan fingerprint density at radius 2 is 1.70 bits per heavy atom. The Hall–Kier alpha value is -2.38. The minimum Gasteiger partial charge on any atom is -0.466 e. The summed E-state index contributed by atoms with van der Waals surface area (Å²) in [5, 5.41) is 0. The van der Waals surface area contributed by atoms with Crippen molar-refractivity contribution in [3.63, 3.8) is 0 Å². The van der Waals surface area contributed by atoms with Crippen molar-refractivity contribution in [3.05, 3.63) is 65.7 Å². The van der Waals surface area contributed by atoms with E-state index in [0.29, 0.717) is 6.42 Å². The number of carbonyl (C=O) groups excluding carboxylic acids is 1. The van der Waals surface area contributed by atoms with Crippen LogP contribution in [0.3, 0.4) is 0 Å². The maximum absolute atomic E-state index is 12.4. The lowest BCUT2D eigenvalue weighted by atomic mass is 9.81. The van der Waals surface area contributed by atoms with Crippen LogP contribution in [0.15, 0.2) is 54.6 Å². The number of carbonyl (C=O) groups is 1. The molecule has 2 unspecified atom stereocenters. The van der Waals surface area contributed by atoms with Crippen molar-refractivity contribution in [1.29, 1.82) is 0 Å². The molecule has 0 aliphatic rings. The summed E-state index contributed by atoms with van der Waals surface area (Å²) in [4.78, 5) is 12.4. The normalized spacial score (nSPS) is 13.6. The molecule has 0 aliphatic carbocycles. The monoisotopic (exact) mass is 391 g/mol. The predicted octanol–water partition coefficient (Wildman–Crippen LogP) is 2.49. The molecule has 0 aromatic heterocycles. The number of benzene rings is 2. The molecule has 2 N–H and O–H groups in total. The fourth-order valence-electron chi connectivity index (χ4n) is 2.98.